The summed E-state index contributed by atoms with van der Waals surface area (Å²) in [6.45, 7) is 10.1. The lowest BCUT2D eigenvalue weighted by atomic mass is 9.91. The molecule has 3 rings (SSSR count). The van der Waals surface area contributed by atoms with Crippen LogP contribution in [0.15, 0.2) is 30.5 Å². The zero-order valence-electron chi connectivity index (χ0n) is 22.9. The van der Waals surface area contributed by atoms with Crippen molar-refractivity contribution in [1.82, 2.24) is 20.4 Å². The Kier molecular flexibility index (Phi) is 8.75. The van der Waals surface area contributed by atoms with Crippen LogP contribution in [0, 0.1) is 19.7 Å². The Morgan fingerprint density at radius 2 is 1.84 bits per heavy atom. The van der Waals surface area contributed by atoms with Crippen molar-refractivity contribution in [2.45, 2.75) is 59.6 Å². The molecule has 38 heavy (non-hydrogen) atoms. The van der Waals surface area contributed by atoms with Crippen molar-refractivity contribution in [3.8, 4) is 11.1 Å². The quantitative estimate of drug-likeness (QED) is 0.414. The van der Waals surface area contributed by atoms with Gasteiger partial charge in [0.15, 0.2) is 0 Å². The number of rotatable bonds is 8. The van der Waals surface area contributed by atoms with E-state index in [1.165, 1.54) is 0 Å². The molecule has 0 radical (unpaired) electrons. The Morgan fingerprint density at radius 3 is 2.50 bits per heavy atom. The lowest BCUT2D eigenvalue weighted by molar-refractivity contribution is -0.143. The Bertz CT molecular complexity index is 1360. The first-order valence-corrected chi connectivity index (χ1v) is 12.4. The first-order valence-electron chi connectivity index (χ1n) is 12.4. The van der Waals surface area contributed by atoms with Crippen LogP contribution >= 0.6 is 0 Å². The molecule has 1 heterocycles. The minimum absolute atomic E-state index is 0.138. The summed E-state index contributed by atoms with van der Waals surface area (Å²) in [6, 6.07) is 6.22. The average Bonchev–Trinajstić information content (AvgIpc) is 3.18. The first-order chi connectivity index (χ1) is 17.8. The Labute approximate surface area is 221 Å². The highest BCUT2D eigenvalue weighted by molar-refractivity contribution is 5.96. The lowest BCUT2D eigenvalue weighted by Crippen LogP contribution is -2.41. The fourth-order valence-electron chi connectivity index (χ4n) is 4.24. The molecular weight excluding hydrogens is 491 g/mol. The fraction of sp³-hybridized carbons (Fsp3) is 0.429. The monoisotopic (exact) mass is 526 g/mol. The molecule has 0 aliphatic carbocycles. The van der Waals surface area contributed by atoms with E-state index in [0.717, 1.165) is 27.6 Å². The van der Waals surface area contributed by atoms with Gasteiger partial charge >= 0.3 is 12.1 Å². The molecule has 0 saturated carbocycles. The summed E-state index contributed by atoms with van der Waals surface area (Å²) in [4.78, 5) is 37.1. The molecular formula is C28H35FN4O5. The lowest BCUT2D eigenvalue weighted by Gasteiger charge is -2.22. The minimum atomic E-state index is -1.03. The van der Waals surface area contributed by atoms with Crippen LogP contribution < -0.4 is 10.6 Å². The molecule has 204 valence electrons. The van der Waals surface area contributed by atoms with Crippen LogP contribution in [0.2, 0.25) is 0 Å². The molecule has 1 unspecified atom stereocenters. The summed E-state index contributed by atoms with van der Waals surface area (Å²) >= 11 is 0. The van der Waals surface area contributed by atoms with E-state index in [0.29, 0.717) is 5.56 Å². The van der Waals surface area contributed by atoms with Crippen LogP contribution in [0.4, 0.5) is 9.18 Å². The SMILES string of the molecule is CCOC(=O)CC(NC(=O)CNC(=O)OC(C)(C)C)c1cc(-c2c(C)ccc3nn(C)cc23)cc(C)c1F. The number of alkyl carbamates (subject to hydrolysis) is 1. The van der Waals surface area contributed by atoms with Crippen LogP contribution in [-0.2, 0) is 26.1 Å². The molecule has 0 fully saturated rings. The van der Waals surface area contributed by atoms with E-state index >= 15 is 4.39 Å². The molecule has 0 aliphatic rings. The highest BCUT2D eigenvalue weighted by Gasteiger charge is 2.25. The van der Waals surface area contributed by atoms with Crippen LogP contribution in [0.1, 0.15) is 56.8 Å². The summed E-state index contributed by atoms with van der Waals surface area (Å²) in [7, 11) is 1.83. The Balaban J connectivity index is 1.98. The number of esters is 1. The van der Waals surface area contributed by atoms with Crippen LogP contribution in [0.3, 0.4) is 0 Å². The van der Waals surface area contributed by atoms with Crippen molar-refractivity contribution < 1.29 is 28.2 Å². The molecule has 0 saturated heterocycles. The number of carbonyl (C=O) groups is 3. The number of carbonyl (C=O) groups excluding carboxylic acids is 3. The van der Waals surface area contributed by atoms with Gasteiger partial charge in [0, 0.05) is 24.2 Å². The molecule has 10 heteroatoms. The van der Waals surface area contributed by atoms with Crippen molar-refractivity contribution in [1.29, 1.82) is 0 Å². The summed E-state index contributed by atoms with van der Waals surface area (Å²) in [5.74, 6) is -1.75. The third kappa shape index (κ3) is 7.08. The van der Waals surface area contributed by atoms with E-state index in [2.05, 4.69) is 15.7 Å². The van der Waals surface area contributed by atoms with Gasteiger partial charge in [0.1, 0.15) is 18.0 Å². The van der Waals surface area contributed by atoms with E-state index in [1.54, 1.807) is 51.4 Å². The van der Waals surface area contributed by atoms with Crippen molar-refractivity contribution in [3.63, 3.8) is 0 Å². The Morgan fingerprint density at radius 1 is 1.13 bits per heavy atom. The second kappa shape index (κ2) is 11.6. The largest absolute Gasteiger partial charge is 0.466 e. The maximum absolute atomic E-state index is 15.5. The van der Waals surface area contributed by atoms with E-state index in [-0.39, 0.29) is 18.6 Å². The standard InChI is InChI=1S/C28H35FN4O5/c1-8-37-24(35)13-22(31-23(34)14-30-27(36)38-28(4,5)6)19-12-18(11-17(3)26(19)29)25-16(2)9-10-21-20(25)15-33(7)32-21/h9-12,15,22H,8,13-14H2,1-7H3,(H,30,36)(H,31,34). The fourth-order valence-corrected chi connectivity index (χ4v) is 4.24. The van der Waals surface area contributed by atoms with Gasteiger partial charge in [-0.1, -0.05) is 6.07 Å². The van der Waals surface area contributed by atoms with Gasteiger partial charge in [0.05, 0.1) is 24.6 Å². The number of benzene rings is 2. The molecule has 0 aliphatic heterocycles. The van der Waals surface area contributed by atoms with Crippen molar-refractivity contribution in [2.75, 3.05) is 13.2 Å². The Hall–Kier alpha value is -3.95. The highest BCUT2D eigenvalue weighted by Crippen LogP contribution is 2.35. The number of ether oxygens (including phenoxy) is 2. The zero-order valence-corrected chi connectivity index (χ0v) is 22.9. The third-order valence-corrected chi connectivity index (χ3v) is 5.76. The van der Waals surface area contributed by atoms with Crippen molar-refractivity contribution in [3.05, 3.63) is 53.0 Å². The predicted molar refractivity (Wildman–Crippen MR) is 142 cm³/mol. The molecule has 0 bridgehead atoms. The van der Waals surface area contributed by atoms with Crippen molar-refractivity contribution in [2.24, 2.45) is 7.05 Å². The van der Waals surface area contributed by atoms with E-state index < -0.39 is 42.0 Å². The molecule has 0 spiro atoms. The molecule has 2 aromatic carbocycles. The van der Waals surface area contributed by atoms with E-state index in [1.807, 2.05) is 32.3 Å². The second-order valence-electron chi connectivity index (χ2n) is 10.2. The van der Waals surface area contributed by atoms with Crippen molar-refractivity contribution >= 4 is 28.9 Å². The van der Waals surface area contributed by atoms with Gasteiger partial charge in [0.25, 0.3) is 0 Å². The molecule has 2 amide bonds. The number of nitrogens with one attached hydrogen (secondary N) is 2. The molecule has 3 aromatic rings. The molecule has 2 N–H and O–H groups in total. The number of nitrogens with zero attached hydrogens (tertiary/aromatic N) is 2. The average molecular weight is 527 g/mol. The van der Waals surface area contributed by atoms with Crippen LogP contribution in [0.5, 0.6) is 0 Å². The normalized spacial score (nSPS) is 12.2. The second-order valence-corrected chi connectivity index (χ2v) is 10.2. The summed E-state index contributed by atoms with van der Waals surface area (Å²) in [5, 5.41) is 10.4. The number of amides is 2. The van der Waals surface area contributed by atoms with Gasteiger partial charge in [-0.25, -0.2) is 9.18 Å². The van der Waals surface area contributed by atoms with E-state index in [9.17, 15) is 14.4 Å². The van der Waals surface area contributed by atoms with Crippen LogP contribution in [0.25, 0.3) is 22.0 Å². The summed E-state index contributed by atoms with van der Waals surface area (Å²) in [6.07, 6.45) is 0.844. The summed E-state index contributed by atoms with van der Waals surface area (Å²) in [5.41, 5.74) is 3.13. The number of halogens is 1. The number of aromatic nitrogens is 2. The number of fused-ring (bicyclic) bond motifs is 1. The number of hydrogen-bond donors (Lipinski definition) is 2. The minimum Gasteiger partial charge on any atom is -0.466 e. The third-order valence-electron chi connectivity index (χ3n) is 5.76. The number of hydrogen-bond acceptors (Lipinski definition) is 6. The van der Waals surface area contributed by atoms with E-state index in [4.69, 9.17) is 9.47 Å². The van der Waals surface area contributed by atoms with Gasteiger partial charge < -0.3 is 20.1 Å². The maximum Gasteiger partial charge on any atom is 0.408 e. The summed E-state index contributed by atoms with van der Waals surface area (Å²) < 4.78 is 27.5. The maximum atomic E-state index is 15.5. The zero-order chi connectivity index (χ0) is 28.2. The molecule has 9 nitrogen and oxygen atoms in total. The van der Waals surface area contributed by atoms with Gasteiger partial charge in [-0.2, -0.15) is 5.10 Å². The van der Waals surface area contributed by atoms with Gasteiger partial charge in [0.2, 0.25) is 5.91 Å². The van der Waals surface area contributed by atoms with Crippen LogP contribution in [-0.4, -0.2) is 46.5 Å². The van der Waals surface area contributed by atoms with Gasteiger partial charge in [-0.3, -0.25) is 14.3 Å². The predicted octanol–water partition coefficient (Wildman–Crippen LogP) is 4.63. The number of aryl methyl sites for hydroxylation is 3. The molecule has 1 atom stereocenters. The topological polar surface area (TPSA) is 112 Å². The van der Waals surface area contributed by atoms with Gasteiger partial charge in [-0.05, 0) is 82.0 Å². The molecule has 1 aromatic heterocycles. The van der Waals surface area contributed by atoms with Gasteiger partial charge in [-0.15, -0.1) is 0 Å². The first kappa shape index (κ1) is 28.6. The highest BCUT2D eigenvalue weighted by atomic mass is 19.1. The smallest absolute Gasteiger partial charge is 0.408 e.